The fourth-order valence-electron chi connectivity index (χ4n) is 1.20. The van der Waals surface area contributed by atoms with Crippen LogP contribution in [0, 0.1) is 6.92 Å². The molecule has 2 nitrogen and oxygen atoms in total. The Morgan fingerprint density at radius 3 is 2.67 bits per heavy atom. The fraction of sp³-hybridized carbons (Fsp3) is 0.417. The SMILES string of the molecule is CC[C@@H](C)NC(=S)Nc1ccccc1C. The maximum Gasteiger partial charge on any atom is 0.170 e. The summed E-state index contributed by atoms with van der Waals surface area (Å²) >= 11 is 5.22. The highest BCUT2D eigenvalue weighted by Gasteiger charge is 2.02. The minimum absolute atomic E-state index is 0.411. The lowest BCUT2D eigenvalue weighted by Crippen LogP contribution is -2.35. The molecule has 0 saturated heterocycles. The molecule has 0 fully saturated rings. The van der Waals surface area contributed by atoms with Gasteiger partial charge in [-0.15, -0.1) is 0 Å². The van der Waals surface area contributed by atoms with Crippen LogP contribution in [0.5, 0.6) is 0 Å². The van der Waals surface area contributed by atoms with Crippen LogP contribution in [0.2, 0.25) is 0 Å². The molecule has 0 aliphatic heterocycles. The third kappa shape index (κ3) is 3.88. The van der Waals surface area contributed by atoms with Crippen LogP contribution in [0.3, 0.4) is 0 Å². The van der Waals surface area contributed by atoms with Gasteiger partial charge in [-0.2, -0.15) is 0 Å². The molecule has 1 aromatic rings. The smallest absolute Gasteiger partial charge is 0.170 e. The molecular formula is C12H18N2S. The van der Waals surface area contributed by atoms with Crippen LogP contribution < -0.4 is 10.6 Å². The van der Waals surface area contributed by atoms with Crippen LogP contribution >= 0.6 is 12.2 Å². The van der Waals surface area contributed by atoms with Crippen LogP contribution in [0.1, 0.15) is 25.8 Å². The number of anilines is 1. The number of rotatable bonds is 3. The highest BCUT2D eigenvalue weighted by molar-refractivity contribution is 7.80. The molecular weight excluding hydrogens is 204 g/mol. The van der Waals surface area contributed by atoms with Gasteiger partial charge in [0.2, 0.25) is 0 Å². The van der Waals surface area contributed by atoms with Gasteiger partial charge >= 0.3 is 0 Å². The van der Waals surface area contributed by atoms with Gasteiger partial charge < -0.3 is 10.6 Å². The summed E-state index contributed by atoms with van der Waals surface area (Å²) in [5.41, 5.74) is 2.27. The summed E-state index contributed by atoms with van der Waals surface area (Å²) in [5, 5.41) is 7.11. The second-order valence-electron chi connectivity index (χ2n) is 3.72. The molecule has 0 bridgehead atoms. The largest absolute Gasteiger partial charge is 0.360 e. The third-order valence-corrected chi connectivity index (χ3v) is 2.60. The Balaban J connectivity index is 2.55. The first-order valence-electron chi connectivity index (χ1n) is 5.26. The zero-order valence-corrected chi connectivity index (χ0v) is 10.3. The molecule has 0 radical (unpaired) electrons. The third-order valence-electron chi connectivity index (χ3n) is 2.38. The van der Waals surface area contributed by atoms with Gasteiger partial charge in [-0.3, -0.25) is 0 Å². The summed E-state index contributed by atoms with van der Waals surface area (Å²) < 4.78 is 0. The lowest BCUT2D eigenvalue weighted by Gasteiger charge is -2.16. The van der Waals surface area contributed by atoms with Crippen molar-refractivity contribution < 1.29 is 0 Å². The molecule has 0 heterocycles. The maximum absolute atomic E-state index is 5.22. The lowest BCUT2D eigenvalue weighted by molar-refractivity contribution is 0.646. The van der Waals surface area contributed by atoms with E-state index in [0.29, 0.717) is 11.2 Å². The summed E-state index contributed by atoms with van der Waals surface area (Å²) in [5.74, 6) is 0. The monoisotopic (exact) mass is 222 g/mol. The van der Waals surface area contributed by atoms with Crippen LogP contribution in [0.4, 0.5) is 5.69 Å². The predicted octanol–water partition coefficient (Wildman–Crippen LogP) is 3.08. The molecule has 0 aliphatic carbocycles. The van der Waals surface area contributed by atoms with Crippen LogP contribution in [0.15, 0.2) is 24.3 Å². The van der Waals surface area contributed by atoms with Crippen molar-refractivity contribution in [3.63, 3.8) is 0 Å². The Labute approximate surface area is 97.1 Å². The van der Waals surface area contributed by atoms with E-state index >= 15 is 0 Å². The van der Waals surface area contributed by atoms with Gasteiger partial charge in [-0.05, 0) is 44.1 Å². The van der Waals surface area contributed by atoms with Crippen LogP contribution in [0.25, 0.3) is 0 Å². The second-order valence-corrected chi connectivity index (χ2v) is 4.13. The van der Waals surface area contributed by atoms with Crippen molar-refractivity contribution in [1.29, 1.82) is 0 Å². The summed E-state index contributed by atoms with van der Waals surface area (Å²) in [4.78, 5) is 0. The molecule has 0 aliphatic rings. The van der Waals surface area contributed by atoms with Gasteiger partial charge in [-0.25, -0.2) is 0 Å². The highest BCUT2D eigenvalue weighted by Crippen LogP contribution is 2.12. The first-order valence-corrected chi connectivity index (χ1v) is 5.67. The Kier molecular flexibility index (Phi) is 4.56. The molecule has 0 aromatic heterocycles. The molecule has 0 unspecified atom stereocenters. The zero-order valence-electron chi connectivity index (χ0n) is 9.50. The number of nitrogens with one attached hydrogen (secondary N) is 2. The highest BCUT2D eigenvalue weighted by atomic mass is 32.1. The number of para-hydroxylation sites is 1. The second kappa shape index (κ2) is 5.71. The number of hydrogen-bond donors (Lipinski definition) is 2. The lowest BCUT2D eigenvalue weighted by atomic mass is 10.2. The molecule has 0 spiro atoms. The predicted molar refractivity (Wildman–Crippen MR) is 70.3 cm³/mol. The number of hydrogen-bond acceptors (Lipinski definition) is 1. The first-order chi connectivity index (χ1) is 7.13. The van der Waals surface area contributed by atoms with Crippen LogP contribution in [-0.2, 0) is 0 Å². The van der Waals surface area contributed by atoms with Gasteiger partial charge in [0.15, 0.2) is 5.11 Å². The van der Waals surface area contributed by atoms with Gasteiger partial charge in [0.05, 0.1) is 0 Å². The van der Waals surface area contributed by atoms with E-state index in [1.165, 1.54) is 5.56 Å². The minimum Gasteiger partial charge on any atom is -0.360 e. The molecule has 1 rings (SSSR count). The van der Waals surface area contributed by atoms with Crippen molar-refractivity contribution in [2.24, 2.45) is 0 Å². The van der Waals surface area contributed by atoms with Crippen LogP contribution in [-0.4, -0.2) is 11.2 Å². The van der Waals surface area contributed by atoms with Gasteiger partial charge in [0.1, 0.15) is 0 Å². The van der Waals surface area contributed by atoms with Crippen molar-refractivity contribution in [3.05, 3.63) is 29.8 Å². The van der Waals surface area contributed by atoms with Crippen molar-refractivity contribution >= 4 is 23.0 Å². The number of thiocarbonyl (C=S) groups is 1. The van der Waals surface area contributed by atoms with Crippen molar-refractivity contribution in [2.45, 2.75) is 33.2 Å². The Bertz CT molecular complexity index is 336. The topological polar surface area (TPSA) is 24.1 Å². The molecule has 2 N–H and O–H groups in total. The van der Waals surface area contributed by atoms with Gasteiger partial charge in [-0.1, -0.05) is 25.1 Å². The Morgan fingerprint density at radius 2 is 2.07 bits per heavy atom. The molecule has 15 heavy (non-hydrogen) atoms. The summed E-state index contributed by atoms with van der Waals surface area (Å²) in [6.07, 6.45) is 1.07. The van der Waals surface area contributed by atoms with E-state index in [9.17, 15) is 0 Å². The summed E-state index contributed by atoms with van der Waals surface area (Å²) in [7, 11) is 0. The molecule has 0 saturated carbocycles. The van der Waals surface area contributed by atoms with E-state index in [1.54, 1.807) is 0 Å². The van der Waals surface area contributed by atoms with Crippen molar-refractivity contribution in [3.8, 4) is 0 Å². The standard InChI is InChI=1S/C12H18N2S/c1-4-10(3)13-12(15)14-11-8-6-5-7-9(11)2/h5-8,10H,4H2,1-3H3,(H2,13,14,15)/t10-/m1/s1. The number of benzene rings is 1. The summed E-state index contributed by atoms with van der Waals surface area (Å²) in [6.45, 7) is 6.31. The molecule has 3 heteroatoms. The minimum atomic E-state index is 0.411. The molecule has 1 aromatic carbocycles. The van der Waals surface area contributed by atoms with E-state index in [4.69, 9.17) is 12.2 Å². The van der Waals surface area contributed by atoms with Crippen molar-refractivity contribution in [1.82, 2.24) is 5.32 Å². The first kappa shape index (κ1) is 12.0. The average Bonchev–Trinajstić information content (AvgIpc) is 2.21. The van der Waals surface area contributed by atoms with Crippen molar-refractivity contribution in [2.75, 3.05) is 5.32 Å². The zero-order chi connectivity index (χ0) is 11.3. The quantitative estimate of drug-likeness (QED) is 0.769. The Hall–Kier alpha value is -1.09. The molecule has 1 atom stereocenters. The Morgan fingerprint density at radius 1 is 1.40 bits per heavy atom. The van der Waals surface area contributed by atoms with Gasteiger partial charge in [0.25, 0.3) is 0 Å². The van der Waals surface area contributed by atoms with Gasteiger partial charge in [0, 0.05) is 11.7 Å². The fourth-order valence-corrected chi connectivity index (χ4v) is 1.51. The normalized spacial score (nSPS) is 11.9. The number of aryl methyl sites for hydroxylation is 1. The van der Waals surface area contributed by atoms with E-state index in [1.807, 2.05) is 18.2 Å². The average molecular weight is 222 g/mol. The van der Waals surface area contributed by atoms with E-state index in [-0.39, 0.29) is 0 Å². The maximum atomic E-state index is 5.22. The van der Waals surface area contributed by atoms with E-state index in [2.05, 4.69) is 37.5 Å². The van der Waals surface area contributed by atoms with E-state index < -0.39 is 0 Å². The molecule has 82 valence electrons. The summed E-state index contributed by atoms with van der Waals surface area (Å²) in [6, 6.07) is 8.52. The molecule has 0 amide bonds. The van der Waals surface area contributed by atoms with E-state index in [0.717, 1.165) is 12.1 Å².